The van der Waals surface area contributed by atoms with Crippen LogP contribution in [0.5, 0.6) is 0 Å². The van der Waals surface area contributed by atoms with Gasteiger partial charge in [0.2, 0.25) is 0 Å². The third-order valence-corrected chi connectivity index (χ3v) is 2.95. The number of hydrogen-bond donors (Lipinski definition) is 0. The molecule has 1 saturated heterocycles. The largest absolute Gasteiger partial charge is 0.460 e. The van der Waals surface area contributed by atoms with E-state index in [2.05, 4.69) is 20.1 Å². The highest BCUT2D eigenvalue weighted by Crippen LogP contribution is 2.24. The molecule has 1 aliphatic heterocycles. The number of nitrogens with zero attached hydrogens (tertiary/aromatic N) is 4. The molecule has 1 aromatic heterocycles. The molecule has 0 unspecified atom stereocenters. The summed E-state index contributed by atoms with van der Waals surface area (Å²) in [5.74, 6) is 0.961. The van der Waals surface area contributed by atoms with Crippen molar-refractivity contribution in [3.63, 3.8) is 0 Å². The first kappa shape index (κ1) is 13.7. The Hall–Kier alpha value is -1.72. The average Bonchev–Trinajstić information content (AvgIpc) is 2.76. The van der Waals surface area contributed by atoms with Crippen molar-refractivity contribution >= 4 is 11.8 Å². The van der Waals surface area contributed by atoms with E-state index in [9.17, 15) is 4.79 Å². The molecule has 0 amide bonds. The lowest BCUT2D eigenvalue weighted by Crippen LogP contribution is -2.26. The predicted octanol–water partition coefficient (Wildman–Crippen LogP) is 1.43. The predicted molar refractivity (Wildman–Crippen MR) is 70.6 cm³/mol. The molecule has 0 bridgehead atoms. The molecule has 1 aromatic rings. The second-order valence-electron chi connectivity index (χ2n) is 5.86. The number of carbonyl (C=O) groups excluding carboxylic acids is 1. The number of aromatic nitrogens is 3. The molecule has 2 heterocycles. The van der Waals surface area contributed by atoms with Crippen LogP contribution >= 0.6 is 0 Å². The molecular formula is C13H20N4O2. The summed E-state index contributed by atoms with van der Waals surface area (Å²) >= 11 is 0. The first-order valence-corrected chi connectivity index (χ1v) is 6.53. The molecule has 0 N–H and O–H groups in total. The van der Waals surface area contributed by atoms with E-state index in [0.29, 0.717) is 12.3 Å². The molecule has 0 aromatic carbocycles. The lowest BCUT2D eigenvalue weighted by Gasteiger charge is -2.21. The van der Waals surface area contributed by atoms with Gasteiger partial charge in [0.15, 0.2) is 5.82 Å². The molecular weight excluding hydrogens is 244 g/mol. The molecule has 19 heavy (non-hydrogen) atoms. The van der Waals surface area contributed by atoms with Crippen molar-refractivity contribution < 1.29 is 9.53 Å². The summed E-state index contributed by atoms with van der Waals surface area (Å²) in [6.07, 6.45) is 4.54. The van der Waals surface area contributed by atoms with Crippen molar-refractivity contribution in [1.82, 2.24) is 15.2 Å². The van der Waals surface area contributed by atoms with Crippen molar-refractivity contribution in [3.8, 4) is 0 Å². The Morgan fingerprint density at radius 3 is 2.95 bits per heavy atom. The SMILES string of the molecule is CC(C)(C)OC(=O)C[C@@H]1CCN(c2cncnn2)C1. The fourth-order valence-electron chi connectivity index (χ4n) is 2.21. The fraction of sp³-hybridized carbons (Fsp3) is 0.692. The molecule has 2 rings (SSSR count). The van der Waals surface area contributed by atoms with Crippen molar-refractivity contribution in [2.24, 2.45) is 5.92 Å². The van der Waals surface area contributed by atoms with Gasteiger partial charge in [0, 0.05) is 13.1 Å². The van der Waals surface area contributed by atoms with Crippen LogP contribution in [0.15, 0.2) is 12.5 Å². The number of ether oxygens (including phenoxy) is 1. The van der Waals surface area contributed by atoms with Crippen LogP contribution in [-0.4, -0.2) is 39.8 Å². The van der Waals surface area contributed by atoms with Crippen molar-refractivity contribution in [3.05, 3.63) is 12.5 Å². The van der Waals surface area contributed by atoms with Crippen LogP contribution in [0.25, 0.3) is 0 Å². The maximum Gasteiger partial charge on any atom is 0.306 e. The second kappa shape index (κ2) is 5.50. The van der Waals surface area contributed by atoms with E-state index in [4.69, 9.17) is 4.74 Å². The molecule has 0 radical (unpaired) electrons. The highest BCUT2D eigenvalue weighted by atomic mass is 16.6. The number of esters is 1. The lowest BCUT2D eigenvalue weighted by atomic mass is 10.1. The molecule has 0 spiro atoms. The van der Waals surface area contributed by atoms with Crippen LogP contribution in [0, 0.1) is 5.92 Å². The number of rotatable bonds is 3. The summed E-state index contributed by atoms with van der Waals surface area (Å²) in [7, 11) is 0. The van der Waals surface area contributed by atoms with Crippen LogP contribution in [0.3, 0.4) is 0 Å². The van der Waals surface area contributed by atoms with Gasteiger partial charge in [0.25, 0.3) is 0 Å². The molecule has 1 atom stereocenters. The van der Waals surface area contributed by atoms with Gasteiger partial charge in [-0.2, -0.15) is 0 Å². The average molecular weight is 264 g/mol. The van der Waals surface area contributed by atoms with Gasteiger partial charge >= 0.3 is 5.97 Å². The second-order valence-corrected chi connectivity index (χ2v) is 5.86. The van der Waals surface area contributed by atoms with E-state index in [1.165, 1.54) is 6.33 Å². The van der Waals surface area contributed by atoms with Crippen LogP contribution in [0.1, 0.15) is 33.6 Å². The maximum absolute atomic E-state index is 11.8. The van der Waals surface area contributed by atoms with Crippen LogP contribution in [0.2, 0.25) is 0 Å². The van der Waals surface area contributed by atoms with E-state index in [1.54, 1.807) is 6.20 Å². The molecule has 104 valence electrons. The number of carbonyl (C=O) groups is 1. The molecule has 1 aliphatic rings. The molecule has 6 heteroatoms. The summed E-state index contributed by atoms with van der Waals surface area (Å²) < 4.78 is 5.34. The van der Waals surface area contributed by atoms with E-state index in [0.717, 1.165) is 25.3 Å². The Kier molecular flexibility index (Phi) is 3.97. The zero-order valence-corrected chi connectivity index (χ0v) is 11.7. The molecule has 1 fully saturated rings. The lowest BCUT2D eigenvalue weighted by molar-refractivity contribution is -0.155. The summed E-state index contributed by atoms with van der Waals surface area (Å²) in [5, 5.41) is 7.80. The van der Waals surface area contributed by atoms with Crippen molar-refractivity contribution in [1.29, 1.82) is 0 Å². The molecule has 0 aliphatic carbocycles. The minimum Gasteiger partial charge on any atom is -0.460 e. The first-order chi connectivity index (χ1) is 8.94. The van der Waals surface area contributed by atoms with E-state index < -0.39 is 5.60 Å². The normalized spacial score (nSPS) is 19.5. The van der Waals surface area contributed by atoms with Crippen molar-refractivity contribution in [2.75, 3.05) is 18.0 Å². The van der Waals surface area contributed by atoms with Gasteiger partial charge < -0.3 is 9.64 Å². The summed E-state index contributed by atoms with van der Waals surface area (Å²) in [5.41, 5.74) is -0.412. The van der Waals surface area contributed by atoms with Gasteiger partial charge in [-0.25, -0.2) is 4.98 Å². The summed E-state index contributed by atoms with van der Waals surface area (Å²) in [4.78, 5) is 17.8. The standard InChI is InChI=1S/C13H20N4O2/c1-13(2,3)19-12(18)6-10-4-5-17(8-10)11-7-14-9-15-16-11/h7,9-10H,4-6,8H2,1-3H3/t10-/m0/s1. The highest BCUT2D eigenvalue weighted by Gasteiger charge is 2.27. The Balaban J connectivity index is 1.84. The minimum atomic E-state index is -0.412. The Labute approximate surface area is 113 Å². The maximum atomic E-state index is 11.8. The van der Waals surface area contributed by atoms with Gasteiger partial charge in [-0.1, -0.05) is 0 Å². The van der Waals surface area contributed by atoms with Crippen LogP contribution < -0.4 is 4.90 Å². The zero-order chi connectivity index (χ0) is 13.9. The van der Waals surface area contributed by atoms with Crippen LogP contribution in [0.4, 0.5) is 5.82 Å². The third kappa shape index (κ3) is 4.15. The highest BCUT2D eigenvalue weighted by molar-refractivity contribution is 5.70. The van der Waals surface area contributed by atoms with Gasteiger partial charge in [0.1, 0.15) is 11.9 Å². The monoisotopic (exact) mass is 264 g/mol. The first-order valence-electron chi connectivity index (χ1n) is 6.53. The smallest absolute Gasteiger partial charge is 0.306 e. The van der Waals surface area contributed by atoms with Crippen LogP contribution in [-0.2, 0) is 9.53 Å². The van der Waals surface area contributed by atoms with Gasteiger partial charge in [-0.15, -0.1) is 10.2 Å². The Morgan fingerprint density at radius 1 is 1.53 bits per heavy atom. The van der Waals surface area contributed by atoms with E-state index in [-0.39, 0.29) is 5.97 Å². The van der Waals surface area contributed by atoms with Gasteiger partial charge in [-0.05, 0) is 33.1 Å². The van der Waals surface area contributed by atoms with Crippen molar-refractivity contribution in [2.45, 2.75) is 39.2 Å². The number of hydrogen-bond acceptors (Lipinski definition) is 6. The Bertz CT molecular complexity index is 430. The summed E-state index contributed by atoms with van der Waals surface area (Å²) in [6.45, 7) is 7.35. The third-order valence-electron chi connectivity index (χ3n) is 2.95. The Morgan fingerprint density at radius 2 is 2.32 bits per heavy atom. The molecule has 0 saturated carbocycles. The van der Waals surface area contributed by atoms with Gasteiger partial charge in [-0.3, -0.25) is 4.79 Å². The topological polar surface area (TPSA) is 68.2 Å². The van der Waals surface area contributed by atoms with Gasteiger partial charge in [0.05, 0.1) is 12.6 Å². The number of anilines is 1. The fourth-order valence-corrected chi connectivity index (χ4v) is 2.21. The van der Waals surface area contributed by atoms with E-state index in [1.807, 2.05) is 20.8 Å². The zero-order valence-electron chi connectivity index (χ0n) is 11.7. The summed E-state index contributed by atoms with van der Waals surface area (Å²) in [6, 6.07) is 0. The molecule has 6 nitrogen and oxygen atoms in total. The van der Waals surface area contributed by atoms with E-state index >= 15 is 0 Å². The minimum absolute atomic E-state index is 0.128. The quantitative estimate of drug-likeness (QED) is 0.769.